The van der Waals surface area contributed by atoms with Gasteiger partial charge in [-0.2, -0.15) is 16.9 Å². The Hall–Kier alpha value is -0.940. The predicted octanol–water partition coefficient (Wildman–Crippen LogP) is 3.42. The van der Waals surface area contributed by atoms with E-state index in [2.05, 4.69) is 37.1 Å². The third kappa shape index (κ3) is 3.79. The Morgan fingerprint density at radius 3 is 2.70 bits per heavy atom. The summed E-state index contributed by atoms with van der Waals surface area (Å²) < 4.78 is 1.45. The summed E-state index contributed by atoms with van der Waals surface area (Å²) >= 11 is 7.95. The van der Waals surface area contributed by atoms with Gasteiger partial charge in [0.05, 0.1) is 18.4 Å². The van der Waals surface area contributed by atoms with E-state index < -0.39 is 0 Å². The van der Waals surface area contributed by atoms with E-state index in [4.69, 9.17) is 11.6 Å². The average molecular weight is 316 g/mol. The third-order valence-electron chi connectivity index (χ3n) is 3.61. The predicted molar refractivity (Wildman–Crippen MR) is 89.0 cm³/mol. The lowest BCUT2D eigenvalue weighted by molar-refractivity contribution is 0.573. The Labute approximate surface area is 129 Å². The van der Waals surface area contributed by atoms with E-state index in [-0.39, 0.29) is 15.3 Å². The molecule has 1 rings (SSSR count). The zero-order valence-corrected chi connectivity index (χ0v) is 13.9. The summed E-state index contributed by atoms with van der Waals surface area (Å²) in [4.78, 5) is 12.0. The summed E-state index contributed by atoms with van der Waals surface area (Å²) in [6.45, 7) is 9.05. The fourth-order valence-corrected chi connectivity index (χ4v) is 2.96. The van der Waals surface area contributed by atoms with Gasteiger partial charge in [-0.3, -0.25) is 4.79 Å². The summed E-state index contributed by atoms with van der Waals surface area (Å²) in [6.07, 6.45) is 7.43. The van der Waals surface area contributed by atoms with Crippen LogP contribution in [-0.2, 0) is 6.54 Å². The molecule has 4 nitrogen and oxygen atoms in total. The molecule has 0 atom stereocenters. The molecule has 0 amide bonds. The minimum atomic E-state index is -0.292. The highest BCUT2D eigenvalue weighted by molar-refractivity contribution is 8.00. The first kappa shape index (κ1) is 17.1. The Morgan fingerprint density at radius 2 is 2.20 bits per heavy atom. The second kappa shape index (κ2) is 7.74. The number of nitrogens with one attached hydrogen (secondary N) is 1. The number of halogens is 1. The van der Waals surface area contributed by atoms with Crippen LogP contribution in [0.15, 0.2) is 23.6 Å². The lowest BCUT2D eigenvalue weighted by Crippen LogP contribution is -2.33. The minimum absolute atomic E-state index is 0.152. The molecule has 0 aliphatic rings. The molecule has 0 saturated carbocycles. The normalized spacial score (nSPS) is 11.4. The number of thioether (sulfide) groups is 1. The van der Waals surface area contributed by atoms with Crippen molar-refractivity contribution in [3.05, 3.63) is 34.2 Å². The summed E-state index contributed by atoms with van der Waals surface area (Å²) in [5.41, 5.74) is 0.302. The van der Waals surface area contributed by atoms with Gasteiger partial charge in [-0.1, -0.05) is 31.5 Å². The van der Waals surface area contributed by atoms with Crippen molar-refractivity contribution in [1.82, 2.24) is 9.78 Å². The zero-order chi connectivity index (χ0) is 15.2. The number of anilines is 1. The van der Waals surface area contributed by atoms with Crippen LogP contribution in [0.4, 0.5) is 5.69 Å². The van der Waals surface area contributed by atoms with Crippen molar-refractivity contribution >= 4 is 29.1 Å². The smallest absolute Gasteiger partial charge is 0.287 e. The lowest BCUT2D eigenvalue weighted by Gasteiger charge is -2.30. The summed E-state index contributed by atoms with van der Waals surface area (Å²) in [6, 6.07) is 0. The summed E-state index contributed by atoms with van der Waals surface area (Å²) in [5.74, 6) is 0. The molecule has 1 aromatic rings. The fourth-order valence-electron chi connectivity index (χ4n) is 1.96. The standard InChI is InChI=1S/C14H22ClN3OS/c1-5-8-18-13(19)12(15)11(9-17-18)16-10-14(6-2,7-3)20-4/h5,9,16H,1,6-8,10H2,2-4H3. The van der Waals surface area contributed by atoms with Crippen LogP contribution >= 0.6 is 23.4 Å². The van der Waals surface area contributed by atoms with Crippen molar-refractivity contribution in [2.24, 2.45) is 0 Å². The van der Waals surface area contributed by atoms with Crippen molar-refractivity contribution < 1.29 is 0 Å². The van der Waals surface area contributed by atoms with Gasteiger partial charge in [0.15, 0.2) is 0 Å². The molecule has 1 aromatic heterocycles. The molecule has 0 spiro atoms. The fraction of sp³-hybridized carbons (Fsp3) is 0.571. The van der Waals surface area contributed by atoms with Crippen molar-refractivity contribution in [2.75, 3.05) is 18.1 Å². The van der Waals surface area contributed by atoms with Crippen LogP contribution < -0.4 is 10.9 Å². The van der Waals surface area contributed by atoms with E-state index in [9.17, 15) is 4.79 Å². The van der Waals surface area contributed by atoms with Gasteiger partial charge in [0.1, 0.15) is 5.02 Å². The molecule has 0 radical (unpaired) electrons. The maximum atomic E-state index is 12.0. The van der Waals surface area contributed by atoms with E-state index in [0.29, 0.717) is 12.2 Å². The van der Waals surface area contributed by atoms with Crippen molar-refractivity contribution in [3.8, 4) is 0 Å². The van der Waals surface area contributed by atoms with Gasteiger partial charge in [-0.05, 0) is 19.1 Å². The van der Waals surface area contributed by atoms with Crippen molar-refractivity contribution in [2.45, 2.75) is 38.0 Å². The number of hydrogen-bond acceptors (Lipinski definition) is 4. The molecule has 1 N–H and O–H groups in total. The topological polar surface area (TPSA) is 46.9 Å². The molecular formula is C14H22ClN3OS. The Balaban J connectivity index is 2.92. The largest absolute Gasteiger partial charge is 0.381 e. The Bertz CT molecular complexity index is 503. The number of hydrogen-bond donors (Lipinski definition) is 1. The molecule has 6 heteroatoms. The van der Waals surface area contributed by atoms with Crippen LogP contribution in [0.1, 0.15) is 26.7 Å². The van der Waals surface area contributed by atoms with Gasteiger partial charge in [-0.15, -0.1) is 6.58 Å². The molecule has 0 aromatic carbocycles. The maximum Gasteiger partial charge on any atom is 0.287 e. The summed E-state index contributed by atoms with van der Waals surface area (Å²) in [5, 5.41) is 7.53. The van der Waals surface area contributed by atoms with Gasteiger partial charge in [0, 0.05) is 11.3 Å². The van der Waals surface area contributed by atoms with E-state index in [1.807, 2.05) is 11.8 Å². The summed E-state index contributed by atoms with van der Waals surface area (Å²) in [7, 11) is 0. The van der Waals surface area contributed by atoms with E-state index >= 15 is 0 Å². The van der Waals surface area contributed by atoms with Crippen LogP contribution in [0.2, 0.25) is 5.02 Å². The van der Waals surface area contributed by atoms with Crippen LogP contribution in [-0.4, -0.2) is 27.3 Å². The molecule has 0 saturated heterocycles. The van der Waals surface area contributed by atoms with Gasteiger partial charge >= 0.3 is 0 Å². The molecule has 0 aliphatic heterocycles. The van der Waals surface area contributed by atoms with Crippen LogP contribution in [0.5, 0.6) is 0 Å². The van der Waals surface area contributed by atoms with Gasteiger partial charge in [0.25, 0.3) is 5.56 Å². The SMILES string of the molecule is C=CCn1ncc(NCC(CC)(CC)SC)c(Cl)c1=O. The second-order valence-corrected chi connectivity index (χ2v) is 6.25. The van der Waals surface area contributed by atoms with Crippen molar-refractivity contribution in [1.29, 1.82) is 0 Å². The van der Waals surface area contributed by atoms with Crippen molar-refractivity contribution in [3.63, 3.8) is 0 Å². The first-order valence-corrected chi connectivity index (χ1v) is 8.29. The quantitative estimate of drug-likeness (QED) is 0.747. The minimum Gasteiger partial charge on any atom is -0.381 e. The molecule has 0 bridgehead atoms. The first-order chi connectivity index (χ1) is 9.53. The van der Waals surface area contributed by atoms with Gasteiger partial charge in [-0.25, -0.2) is 4.68 Å². The average Bonchev–Trinajstić information content (AvgIpc) is 2.48. The molecule has 0 fully saturated rings. The highest BCUT2D eigenvalue weighted by Crippen LogP contribution is 2.31. The van der Waals surface area contributed by atoms with E-state index in [1.54, 1.807) is 12.3 Å². The third-order valence-corrected chi connectivity index (χ3v) is 5.56. The molecule has 112 valence electrons. The second-order valence-electron chi connectivity index (χ2n) is 4.60. The Morgan fingerprint density at radius 1 is 1.55 bits per heavy atom. The van der Waals surface area contributed by atoms with E-state index in [1.165, 1.54) is 4.68 Å². The number of aromatic nitrogens is 2. The molecule has 1 heterocycles. The monoisotopic (exact) mass is 315 g/mol. The molecule has 0 unspecified atom stereocenters. The zero-order valence-electron chi connectivity index (χ0n) is 12.3. The molecule has 0 aliphatic carbocycles. The van der Waals surface area contributed by atoms with Crippen LogP contribution in [0, 0.1) is 0 Å². The highest BCUT2D eigenvalue weighted by Gasteiger charge is 2.25. The van der Waals surface area contributed by atoms with Gasteiger partial charge < -0.3 is 5.32 Å². The van der Waals surface area contributed by atoms with E-state index in [0.717, 1.165) is 19.4 Å². The maximum absolute atomic E-state index is 12.0. The number of allylic oxidation sites excluding steroid dienone is 1. The molecule has 20 heavy (non-hydrogen) atoms. The molecular weight excluding hydrogens is 294 g/mol. The lowest BCUT2D eigenvalue weighted by atomic mass is 10.0. The Kier molecular flexibility index (Phi) is 6.62. The number of rotatable bonds is 8. The van der Waals surface area contributed by atoms with Crippen LogP contribution in [0.25, 0.3) is 0 Å². The first-order valence-electron chi connectivity index (χ1n) is 6.69. The highest BCUT2D eigenvalue weighted by atomic mass is 35.5. The van der Waals surface area contributed by atoms with Gasteiger partial charge in [0.2, 0.25) is 0 Å². The number of nitrogens with zero attached hydrogens (tertiary/aromatic N) is 2. The van der Waals surface area contributed by atoms with Crippen LogP contribution in [0.3, 0.4) is 0 Å².